The predicted octanol–water partition coefficient (Wildman–Crippen LogP) is 4.53. The van der Waals surface area contributed by atoms with Gasteiger partial charge in [-0.1, -0.05) is 24.3 Å². The SMILES string of the molecule is Cc1c(Br)ccc2nc(-c3ccc(C4CC4)cc3)c(N)n12. The molecule has 1 aromatic carbocycles. The molecule has 0 radical (unpaired) electrons. The Bertz CT molecular complexity index is 829. The topological polar surface area (TPSA) is 43.3 Å². The van der Waals surface area contributed by atoms with Gasteiger partial charge < -0.3 is 5.73 Å². The predicted molar refractivity (Wildman–Crippen MR) is 89.5 cm³/mol. The number of hydrogen-bond acceptors (Lipinski definition) is 2. The van der Waals surface area contributed by atoms with Gasteiger partial charge in [0.2, 0.25) is 0 Å². The first-order chi connectivity index (χ1) is 10.1. The van der Waals surface area contributed by atoms with Gasteiger partial charge in [-0.25, -0.2) is 4.98 Å². The van der Waals surface area contributed by atoms with E-state index in [0.29, 0.717) is 5.82 Å². The van der Waals surface area contributed by atoms with Gasteiger partial charge in [0.1, 0.15) is 17.2 Å². The molecule has 2 aromatic heterocycles. The average molecular weight is 342 g/mol. The third-order valence-electron chi connectivity index (χ3n) is 4.23. The molecule has 106 valence electrons. The minimum absolute atomic E-state index is 0.697. The van der Waals surface area contributed by atoms with E-state index in [2.05, 4.69) is 40.2 Å². The smallest absolute Gasteiger partial charge is 0.139 e. The van der Waals surface area contributed by atoms with Crippen molar-refractivity contribution in [1.29, 1.82) is 0 Å². The number of aryl methyl sites for hydroxylation is 1. The van der Waals surface area contributed by atoms with Crippen LogP contribution in [0.3, 0.4) is 0 Å². The molecule has 4 heteroatoms. The number of fused-ring (bicyclic) bond motifs is 1. The summed E-state index contributed by atoms with van der Waals surface area (Å²) in [6.45, 7) is 2.04. The van der Waals surface area contributed by atoms with Gasteiger partial charge in [0.05, 0.1) is 0 Å². The van der Waals surface area contributed by atoms with Gasteiger partial charge in [-0.3, -0.25) is 4.40 Å². The van der Waals surface area contributed by atoms with Crippen LogP contribution in [0.5, 0.6) is 0 Å². The second-order valence-corrected chi connectivity index (χ2v) is 6.56. The third-order valence-corrected chi connectivity index (χ3v) is 5.07. The number of nitrogen functional groups attached to an aromatic ring is 1. The van der Waals surface area contributed by atoms with E-state index < -0.39 is 0 Å². The van der Waals surface area contributed by atoms with Gasteiger partial charge in [0, 0.05) is 15.7 Å². The fourth-order valence-corrected chi connectivity index (χ4v) is 3.14. The maximum absolute atomic E-state index is 6.33. The van der Waals surface area contributed by atoms with E-state index in [0.717, 1.165) is 33.0 Å². The summed E-state index contributed by atoms with van der Waals surface area (Å²) in [6.07, 6.45) is 2.64. The lowest BCUT2D eigenvalue weighted by Crippen LogP contribution is -1.98. The minimum atomic E-state index is 0.697. The Morgan fingerprint density at radius 3 is 2.52 bits per heavy atom. The number of nitrogens with zero attached hydrogens (tertiary/aromatic N) is 2. The van der Waals surface area contributed by atoms with E-state index >= 15 is 0 Å². The normalized spacial score (nSPS) is 14.8. The fraction of sp³-hybridized carbons (Fsp3) is 0.235. The molecule has 0 saturated heterocycles. The van der Waals surface area contributed by atoms with E-state index in [1.165, 1.54) is 18.4 Å². The van der Waals surface area contributed by atoms with E-state index in [9.17, 15) is 0 Å². The van der Waals surface area contributed by atoms with Crippen molar-refractivity contribution in [2.24, 2.45) is 0 Å². The Labute approximate surface area is 131 Å². The Balaban J connectivity index is 1.86. The molecule has 0 amide bonds. The van der Waals surface area contributed by atoms with Crippen molar-refractivity contribution in [1.82, 2.24) is 9.38 Å². The molecule has 0 aliphatic heterocycles. The van der Waals surface area contributed by atoms with Crippen LogP contribution in [0, 0.1) is 6.92 Å². The molecule has 0 bridgehead atoms. The summed E-state index contributed by atoms with van der Waals surface area (Å²) in [7, 11) is 0. The van der Waals surface area contributed by atoms with Gasteiger partial charge in [0.15, 0.2) is 0 Å². The lowest BCUT2D eigenvalue weighted by Gasteiger charge is -2.05. The van der Waals surface area contributed by atoms with Crippen molar-refractivity contribution in [3.05, 3.63) is 52.1 Å². The van der Waals surface area contributed by atoms with Gasteiger partial charge in [-0.05, 0) is 59.3 Å². The highest BCUT2D eigenvalue weighted by Gasteiger charge is 2.23. The summed E-state index contributed by atoms with van der Waals surface area (Å²) < 4.78 is 3.03. The highest BCUT2D eigenvalue weighted by molar-refractivity contribution is 9.10. The van der Waals surface area contributed by atoms with Crippen LogP contribution in [0.25, 0.3) is 16.9 Å². The summed E-state index contributed by atoms with van der Waals surface area (Å²) in [5, 5.41) is 0. The number of aromatic nitrogens is 2. The number of nitrogens with two attached hydrogens (primary N) is 1. The summed E-state index contributed by atoms with van der Waals surface area (Å²) in [4.78, 5) is 4.69. The molecule has 21 heavy (non-hydrogen) atoms. The molecule has 1 saturated carbocycles. The molecule has 3 aromatic rings. The summed E-state index contributed by atoms with van der Waals surface area (Å²) in [5.41, 5.74) is 11.7. The van der Waals surface area contributed by atoms with E-state index in [1.807, 2.05) is 23.5 Å². The average Bonchev–Trinajstić information content (AvgIpc) is 3.28. The van der Waals surface area contributed by atoms with Crippen LogP contribution in [0.15, 0.2) is 40.9 Å². The van der Waals surface area contributed by atoms with Crippen LogP contribution in [0.1, 0.15) is 30.0 Å². The molecule has 1 fully saturated rings. The van der Waals surface area contributed by atoms with E-state index in [1.54, 1.807) is 0 Å². The monoisotopic (exact) mass is 341 g/mol. The number of imidazole rings is 1. The molecule has 2 N–H and O–H groups in total. The highest BCUT2D eigenvalue weighted by Crippen LogP contribution is 2.40. The minimum Gasteiger partial charge on any atom is -0.383 e. The zero-order valence-electron chi connectivity index (χ0n) is 11.8. The lowest BCUT2D eigenvalue weighted by molar-refractivity contribution is 1.09. The van der Waals surface area contributed by atoms with Crippen molar-refractivity contribution in [3.63, 3.8) is 0 Å². The molecule has 0 unspecified atom stereocenters. The molecule has 2 heterocycles. The number of benzene rings is 1. The van der Waals surface area contributed by atoms with Crippen LogP contribution >= 0.6 is 15.9 Å². The Kier molecular flexibility index (Phi) is 2.82. The Morgan fingerprint density at radius 2 is 1.86 bits per heavy atom. The zero-order valence-corrected chi connectivity index (χ0v) is 13.4. The number of anilines is 1. The van der Waals surface area contributed by atoms with Gasteiger partial charge in [-0.2, -0.15) is 0 Å². The van der Waals surface area contributed by atoms with Gasteiger partial charge >= 0.3 is 0 Å². The second-order valence-electron chi connectivity index (χ2n) is 5.70. The van der Waals surface area contributed by atoms with Crippen LogP contribution < -0.4 is 5.73 Å². The lowest BCUT2D eigenvalue weighted by atomic mass is 10.1. The quantitative estimate of drug-likeness (QED) is 0.743. The number of rotatable bonds is 2. The van der Waals surface area contributed by atoms with Crippen molar-refractivity contribution >= 4 is 27.4 Å². The molecular weight excluding hydrogens is 326 g/mol. The van der Waals surface area contributed by atoms with Crippen molar-refractivity contribution in [3.8, 4) is 11.3 Å². The Hall–Kier alpha value is -1.81. The van der Waals surface area contributed by atoms with Crippen LogP contribution in [-0.2, 0) is 0 Å². The van der Waals surface area contributed by atoms with E-state index in [4.69, 9.17) is 10.7 Å². The van der Waals surface area contributed by atoms with Gasteiger partial charge in [-0.15, -0.1) is 0 Å². The first kappa shape index (κ1) is 12.9. The first-order valence-electron chi connectivity index (χ1n) is 7.18. The zero-order chi connectivity index (χ0) is 14.6. The Morgan fingerprint density at radius 1 is 1.14 bits per heavy atom. The molecule has 0 spiro atoms. The highest BCUT2D eigenvalue weighted by atomic mass is 79.9. The number of hydrogen-bond donors (Lipinski definition) is 1. The molecular formula is C17H16BrN3. The van der Waals surface area contributed by atoms with E-state index in [-0.39, 0.29) is 0 Å². The molecule has 1 aliphatic carbocycles. The van der Waals surface area contributed by atoms with Crippen LogP contribution in [-0.4, -0.2) is 9.38 Å². The number of pyridine rings is 1. The summed E-state index contributed by atoms with van der Waals surface area (Å²) in [5.74, 6) is 1.47. The summed E-state index contributed by atoms with van der Waals surface area (Å²) >= 11 is 3.54. The molecule has 0 atom stereocenters. The third kappa shape index (κ3) is 2.05. The van der Waals surface area contributed by atoms with Crippen LogP contribution in [0.2, 0.25) is 0 Å². The fourth-order valence-electron chi connectivity index (χ4n) is 2.83. The van der Waals surface area contributed by atoms with Crippen molar-refractivity contribution < 1.29 is 0 Å². The summed E-state index contributed by atoms with van der Waals surface area (Å²) in [6, 6.07) is 12.7. The second kappa shape index (κ2) is 4.60. The standard InChI is InChI=1S/C17H16BrN3/c1-10-14(18)8-9-15-20-16(17(19)21(10)15)13-6-4-12(5-7-13)11-2-3-11/h4-9,11H,2-3,19H2,1H3. The first-order valence-corrected chi connectivity index (χ1v) is 7.98. The van der Waals surface area contributed by atoms with Crippen molar-refractivity contribution in [2.75, 3.05) is 5.73 Å². The van der Waals surface area contributed by atoms with Crippen molar-refractivity contribution in [2.45, 2.75) is 25.7 Å². The maximum Gasteiger partial charge on any atom is 0.139 e. The maximum atomic E-state index is 6.33. The van der Waals surface area contributed by atoms with Gasteiger partial charge in [0.25, 0.3) is 0 Å². The van der Waals surface area contributed by atoms with Crippen LogP contribution in [0.4, 0.5) is 5.82 Å². The largest absolute Gasteiger partial charge is 0.383 e. The molecule has 1 aliphatic rings. The number of halogens is 1. The molecule has 3 nitrogen and oxygen atoms in total. The molecule has 4 rings (SSSR count).